The molecule has 1 atom stereocenters. The van der Waals surface area contributed by atoms with Gasteiger partial charge in [0.15, 0.2) is 0 Å². The number of nitrogens with zero attached hydrogens (tertiary/aromatic N) is 1. The Balaban J connectivity index is 1.81. The molecule has 1 heterocycles. The molecule has 0 aromatic heterocycles. The van der Waals surface area contributed by atoms with Gasteiger partial charge in [0.25, 0.3) is 11.7 Å². The minimum atomic E-state index is -0.734. The molecule has 1 fully saturated rings. The van der Waals surface area contributed by atoms with Crippen LogP contribution in [0.3, 0.4) is 0 Å². The maximum Gasteiger partial charge on any atom is 0.295 e. The van der Waals surface area contributed by atoms with Crippen molar-refractivity contribution in [2.24, 2.45) is 0 Å². The normalized spacial score (nSPS) is 17.3. The van der Waals surface area contributed by atoms with E-state index in [0.717, 1.165) is 11.1 Å². The number of benzene rings is 3. The number of hydrogen-bond donors (Lipinski definition) is 1. The molecule has 1 N–H and O–H groups in total. The summed E-state index contributed by atoms with van der Waals surface area (Å²) >= 11 is 0. The molecule has 0 aliphatic carbocycles. The predicted octanol–water partition coefficient (Wildman–Crippen LogP) is 5.10. The van der Waals surface area contributed by atoms with E-state index >= 15 is 0 Å². The molecule has 3 aromatic carbocycles. The van der Waals surface area contributed by atoms with Crippen molar-refractivity contribution in [1.29, 1.82) is 0 Å². The summed E-state index contributed by atoms with van der Waals surface area (Å²) in [5.41, 5.74) is 2.02. The first kappa shape index (κ1) is 23.1. The Hall–Kier alpha value is -4.06. The average molecular weight is 458 g/mol. The van der Waals surface area contributed by atoms with Crippen LogP contribution in [0.25, 0.3) is 5.76 Å². The number of carbonyl (C=O) groups is 2. The van der Waals surface area contributed by atoms with Gasteiger partial charge in [-0.1, -0.05) is 54.6 Å². The fraction of sp³-hybridized carbons (Fsp3) is 0.214. The maximum atomic E-state index is 13.2. The third-order valence-electron chi connectivity index (χ3n) is 5.62. The molecule has 34 heavy (non-hydrogen) atoms. The van der Waals surface area contributed by atoms with E-state index in [4.69, 9.17) is 9.47 Å². The molecule has 0 saturated carbocycles. The van der Waals surface area contributed by atoms with Crippen LogP contribution >= 0.6 is 0 Å². The van der Waals surface area contributed by atoms with Crippen LogP contribution in [0.5, 0.6) is 11.5 Å². The van der Waals surface area contributed by atoms with Gasteiger partial charge >= 0.3 is 0 Å². The van der Waals surface area contributed by atoms with Crippen molar-refractivity contribution in [3.05, 3.63) is 101 Å². The number of rotatable bonds is 7. The van der Waals surface area contributed by atoms with Crippen LogP contribution in [0.2, 0.25) is 0 Å². The highest BCUT2D eigenvalue weighted by molar-refractivity contribution is 6.46. The lowest BCUT2D eigenvalue weighted by Gasteiger charge is -2.25. The second-order valence-corrected chi connectivity index (χ2v) is 8.38. The van der Waals surface area contributed by atoms with Crippen molar-refractivity contribution in [3.63, 3.8) is 0 Å². The second kappa shape index (κ2) is 9.83. The Bertz CT molecular complexity index is 1230. The Morgan fingerprint density at radius 1 is 0.941 bits per heavy atom. The van der Waals surface area contributed by atoms with Crippen LogP contribution in [0.4, 0.5) is 0 Å². The van der Waals surface area contributed by atoms with Gasteiger partial charge in [-0.3, -0.25) is 9.59 Å². The van der Waals surface area contributed by atoms with Crippen molar-refractivity contribution in [2.75, 3.05) is 7.11 Å². The highest BCUT2D eigenvalue weighted by Gasteiger charge is 2.46. The summed E-state index contributed by atoms with van der Waals surface area (Å²) in [6.45, 7) is 4.01. The lowest BCUT2D eigenvalue weighted by Crippen LogP contribution is -2.29. The molecule has 0 bridgehead atoms. The third kappa shape index (κ3) is 4.66. The molecular weight excluding hydrogens is 430 g/mol. The zero-order valence-corrected chi connectivity index (χ0v) is 19.4. The van der Waals surface area contributed by atoms with Crippen LogP contribution in [0.1, 0.15) is 36.6 Å². The fourth-order valence-electron chi connectivity index (χ4n) is 4.14. The fourth-order valence-corrected chi connectivity index (χ4v) is 4.14. The second-order valence-electron chi connectivity index (χ2n) is 8.38. The molecule has 3 aromatic rings. The lowest BCUT2D eigenvalue weighted by atomic mass is 9.95. The molecule has 174 valence electrons. The van der Waals surface area contributed by atoms with Crippen molar-refractivity contribution >= 4 is 17.4 Å². The van der Waals surface area contributed by atoms with Gasteiger partial charge in [0.2, 0.25) is 0 Å². The van der Waals surface area contributed by atoms with Gasteiger partial charge in [-0.15, -0.1) is 0 Å². The third-order valence-corrected chi connectivity index (χ3v) is 5.62. The number of ether oxygens (including phenoxy) is 2. The maximum absolute atomic E-state index is 13.2. The molecule has 1 saturated heterocycles. The number of amides is 1. The van der Waals surface area contributed by atoms with E-state index in [9.17, 15) is 14.7 Å². The van der Waals surface area contributed by atoms with Crippen LogP contribution < -0.4 is 9.47 Å². The van der Waals surface area contributed by atoms with E-state index in [0.29, 0.717) is 17.1 Å². The van der Waals surface area contributed by atoms with Crippen LogP contribution in [0, 0.1) is 0 Å². The Kier molecular flexibility index (Phi) is 6.68. The van der Waals surface area contributed by atoms with Gasteiger partial charge in [-0.05, 0) is 49.2 Å². The average Bonchev–Trinajstić information content (AvgIpc) is 3.09. The number of hydrogen-bond acceptors (Lipinski definition) is 5. The Morgan fingerprint density at radius 3 is 2.35 bits per heavy atom. The molecule has 4 rings (SSSR count). The first-order valence-corrected chi connectivity index (χ1v) is 11.1. The summed E-state index contributed by atoms with van der Waals surface area (Å²) < 4.78 is 11.0. The van der Waals surface area contributed by atoms with Gasteiger partial charge in [-0.2, -0.15) is 0 Å². The van der Waals surface area contributed by atoms with Crippen LogP contribution in [0.15, 0.2) is 84.4 Å². The van der Waals surface area contributed by atoms with Crippen molar-refractivity contribution in [2.45, 2.75) is 32.5 Å². The van der Waals surface area contributed by atoms with Crippen LogP contribution in [-0.2, 0) is 16.1 Å². The summed E-state index contributed by atoms with van der Waals surface area (Å²) in [5.74, 6) is -0.375. The molecule has 1 unspecified atom stereocenters. The molecule has 1 amide bonds. The number of aliphatic hydroxyl groups is 1. The number of carbonyl (C=O) groups excluding carboxylic acids is 2. The molecular formula is C28H27NO5. The zero-order valence-electron chi connectivity index (χ0n) is 19.4. The predicted molar refractivity (Wildman–Crippen MR) is 129 cm³/mol. The number of ketones is 1. The zero-order chi connectivity index (χ0) is 24.2. The van der Waals surface area contributed by atoms with Gasteiger partial charge in [-0.25, -0.2) is 0 Å². The highest BCUT2D eigenvalue weighted by atomic mass is 16.5. The molecule has 0 radical (unpaired) electrons. The summed E-state index contributed by atoms with van der Waals surface area (Å²) in [4.78, 5) is 27.9. The van der Waals surface area contributed by atoms with Crippen molar-refractivity contribution in [1.82, 2.24) is 4.90 Å². The molecule has 1 aliphatic heterocycles. The lowest BCUT2D eigenvalue weighted by molar-refractivity contribution is -0.140. The standard InChI is InChI=1S/C28H27NO5/c1-18(2)34-23-14-8-12-21(16-23)26(30)24-25(20-10-5-4-6-11-20)29(28(32)27(24)31)17-19-9-7-13-22(15-19)33-3/h4-16,18,25,30H,17H2,1-3H3/b26-24-. The van der Waals surface area contributed by atoms with Gasteiger partial charge < -0.3 is 19.5 Å². The Morgan fingerprint density at radius 2 is 1.65 bits per heavy atom. The summed E-state index contributed by atoms with van der Waals surface area (Å²) in [6, 6.07) is 22.8. The van der Waals surface area contributed by atoms with Gasteiger partial charge in [0.1, 0.15) is 17.3 Å². The van der Waals surface area contributed by atoms with E-state index in [-0.39, 0.29) is 24.0 Å². The number of likely N-dealkylation sites (tertiary alicyclic amines) is 1. The molecule has 1 aliphatic rings. The largest absolute Gasteiger partial charge is 0.507 e. The summed E-state index contributed by atoms with van der Waals surface area (Å²) in [5, 5.41) is 11.3. The van der Waals surface area contributed by atoms with Crippen molar-refractivity contribution < 1.29 is 24.2 Å². The number of Topliss-reactive ketones (excluding diaryl/α,β-unsaturated/α-hetero) is 1. The molecule has 6 nitrogen and oxygen atoms in total. The summed E-state index contributed by atoms with van der Waals surface area (Å²) in [6.07, 6.45) is -0.0461. The topological polar surface area (TPSA) is 76.1 Å². The highest BCUT2D eigenvalue weighted by Crippen LogP contribution is 2.40. The van der Waals surface area contributed by atoms with E-state index in [1.165, 1.54) is 4.90 Å². The monoisotopic (exact) mass is 457 g/mol. The molecule has 0 spiro atoms. The quantitative estimate of drug-likeness (QED) is 0.303. The van der Waals surface area contributed by atoms with E-state index in [1.54, 1.807) is 31.4 Å². The van der Waals surface area contributed by atoms with Gasteiger partial charge in [0, 0.05) is 12.1 Å². The van der Waals surface area contributed by atoms with E-state index < -0.39 is 17.7 Å². The minimum absolute atomic E-state index is 0.0461. The number of aliphatic hydroxyl groups excluding tert-OH is 1. The van der Waals surface area contributed by atoms with Crippen LogP contribution in [-0.4, -0.2) is 34.9 Å². The van der Waals surface area contributed by atoms with Crippen molar-refractivity contribution in [3.8, 4) is 11.5 Å². The van der Waals surface area contributed by atoms with E-state index in [2.05, 4.69) is 0 Å². The summed E-state index contributed by atoms with van der Waals surface area (Å²) in [7, 11) is 1.58. The Labute approximate surface area is 199 Å². The minimum Gasteiger partial charge on any atom is -0.507 e. The number of methoxy groups -OCH3 is 1. The first-order valence-electron chi connectivity index (χ1n) is 11.1. The SMILES string of the molecule is COc1cccc(CN2C(=O)C(=O)/C(=C(\O)c3cccc(OC(C)C)c3)C2c2ccccc2)c1. The molecule has 6 heteroatoms. The van der Waals surface area contributed by atoms with E-state index in [1.807, 2.05) is 68.4 Å². The smallest absolute Gasteiger partial charge is 0.295 e. The van der Waals surface area contributed by atoms with Gasteiger partial charge in [0.05, 0.1) is 24.8 Å². The first-order chi connectivity index (χ1) is 16.4.